The maximum atomic E-state index is 11.2. The van der Waals surface area contributed by atoms with Crippen LogP contribution in [-0.2, 0) is 42.8 Å². The summed E-state index contributed by atoms with van der Waals surface area (Å²) in [6.07, 6.45) is -4.25. The molecule has 0 saturated heterocycles. The van der Waals surface area contributed by atoms with Crippen molar-refractivity contribution in [3.63, 3.8) is 0 Å². The third-order valence-electron chi connectivity index (χ3n) is 3.26. The van der Waals surface area contributed by atoms with Gasteiger partial charge in [-0.05, 0) is 20.8 Å². The highest BCUT2D eigenvalue weighted by molar-refractivity contribution is 5.74. The lowest BCUT2D eigenvalue weighted by Gasteiger charge is -2.19. The summed E-state index contributed by atoms with van der Waals surface area (Å²) in [4.78, 5) is 33.4. The van der Waals surface area contributed by atoms with Gasteiger partial charge in [-0.25, -0.2) is 14.4 Å². The number of esters is 3. The molecule has 0 amide bonds. The van der Waals surface area contributed by atoms with Gasteiger partial charge in [-0.2, -0.15) is 0 Å². The van der Waals surface area contributed by atoms with Gasteiger partial charge in [-0.15, -0.1) is 0 Å². The van der Waals surface area contributed by atoms with Crippen LogP contribution < -0.4 is 0 Å². The van der Waals surface area contributed by atoms with Crippen molar-refractivity contribution in [1.29, 1.82) is 0 Å². The van der Waals surface area contributed by atoms with Crippen molar-refractivity contribution >= 4 is 17.9 Å². The average molecular weight is 440 g/mol. The molecular formula is C18H32O12. The van der Waals surface area contributed by atoms with Crippen LogP contribution in [0.15, 0.2) is 0 Å². The van der Waals surface area contributed by atoms with E-state index in [9.17, 15) is 14.4 Å². The molecule has 0 bridgehead atoms. The van der Waals surface area contributed by atoms with Crippen LogP contribution in [-0.4, -0.2) is 110 Å². The fraction of sp³-hybridized carbons (Fsp3) is 0.833. The summed E-state index contributed by atoms with van der Waals surface area (Å²) < 4.78 is 30.5. The molecule has 12 heteroatoms. The number of ether oxygens (including phenoxy) is 6. The molecule has 0 aromatic carbocycles. The zero-order valence-electron chi connectivity index (χ0n) is 17.5. The molecular weight excluding hydrogens is 408 g/mol. The first-order valence-electron chi connectivity index (χ1n) is 9.46. The maximum absolute atomic E-state index is 11.2. The molecule has 3 N–H and O–H groups in total. The lowest BCUT2D eigenvalue weighted by atomic mass is 10.4. The van der Waals surface area contributed by atoms with E-state index in [2.05, 4.69) is 0 Å². The van der Waals surface area contributed by atoms with Crippen LogP contribution in [0.5, 0.6) is 0 Å². The highest BCUT2D eigenvalue weighted by Crippen LogP contribution is 1.98. The molecule has 176 valence electrons. The third kappa shape index (κ3) is 15.1. The van der Waals surface area contributed by atoms with Crippen molar-refractivity contribution in [3.8, 4) is 0 Å². The minimum absolute atomic E-state index is 0.0177. The summed E-state index contributed by atoms with van der Waals surface area (Å²) in [6.45, 7) is 3.90. The Morgan fingerprint density at radius 1 is 0.600 bits per heavy atom. The van der Waals surface area contributed by atoms with Gasteiger partial charge in [-0.3, -0.25) is 0 Å². The second-order valence-electron chi connectivity index (χ2n) is 6.17. The van der Waals surface area contributed by atoms with Gasteiger partial charge in [0.05, 0.1) is 33.0 Å². The molecule has 0 rings (SSSR count). The fourth-order valence-corrected chi connectivity index (χ4v) is 1.70. The molecule has 30 heavy (non-hydrogen) atoms. The Morgan fingerprint density at radius 3 is 1.27 bits per heavy atom. The zero-order valence-corrected chi connectivity index (χ0v) is 17.5. The van der Waals surface area contributed by atoms with Gasteiger partial charge in [0, 0.05) is 0 Å². The van der Waals surface area contributed by atoms with E-state index in [1.165, 1.54) is 20.8 Å². The summed E-state index contributed by atoms with van der Waals surface area (Å²) in [5.74, 6) is -2.30. The van der Waals surface area contributed by atoms with E-state index in [1.54, 1.807) is 0 Å². The van der Waals surface area contributed by atoms with Gasteiger partial charge in [0.25, 0.3) is 0 Å². The molecule has 0 aliphatic carbocycles. The number of carbonyl (C=O) groups excluding carboxylic acids is 3. The van der Waals surface area contributed by atoms with Gasteiger partial charge < -0.3 is 43.7 Å². The molecule has 0 fully saturated rings. The van der Waals surface area contributed by atoms with Crippen molar-refractivity contribution in [1.82, 2.24) is 0 Å². The van der Waals surface area contributed by atoms with Gasteiger partial charge in [-0.1, -0.05) is 0 Å². The molecule has 0 saturated carbocycles. The summed E-state index contributed by atoms with van der Waals surface area (Å²) in [7, 11) is 0. The molecule has 0 heterocycles. The van der Waals surface area contributed by atoms with Crippen LogP contribution in [0.2, 0.25) is 0 Å². The normalized spacial score (nSPS) is 15.0. The molecule has 3 atom stereocenters. The van der Waals surface area contributed by atoms with E-state index in [0.717, 1.165) is 0 Å². The van der Waals surface area contributed by atoms with Gasteiger partial charge >= 0.3 is 17.9 Å². The van der Waals surface area contributed by atoms with Crippen molar-refractivity contribution in [2.24, 2.45) is 0 Å². The number of aliphatic hydroxyl groups is 3. The number of carbonyl (C=O) groups is 3. The third-order valence-corrected chi connectivity index (χ3v) is 3.26. The highest BCUT2D eigenvalue weighted by atomic mass is 16.6. The SMILES string of the molecule is CC(O)C(=O)OCCOCC(COCCOC(=O)C(C)O)OCCOC(=O)C(C)O. The molecule has 0 spiro atoms. The van der Waals surface area contributed by atoms with E-state index in [-0.39, 0.29) is 52.9 Å². The number of hydrogen-bond donors (Lipinski definition) is 3. The second-order valence-corrected chi connectivity index (χ2v) is 6.17. The quantitative estimate of drug-likeness (QED) is 0.132. The van der Waals surface area contributed by atoms with E-state index in [1.807, 2.05) is 0 Å². The minimum atomic E-state index is -1.24. The fourth-order valence-electron chi connectivity index (χ4n) is 1.70. The van der Waals surface area contributed by atoms with E-state index >= 15 is 0 Å². The van der Waals surface area contributed by atoms with Crippen LogP contribution in [0.4, 0.5) is 0 Å². The maximum Gasteiger partial charge on any atom is 0.334 e. The van der Waals surface area contributed by atoms with Crippen LogP contribution >= 0.6 is 0 Å². The Morgan fingerprint density at radius 2 is 0.933 bits per heavy atom. The van der Waals surface area contributed by atoms with E-state index < -0.39 is 42.3 Å². The van der Waals surface area contributed by atoms with Crippen molar-refractivity contribution < 1.29 is 58.1 Å². The lowest BCUT2D eigenvalue weighted by Crippen LogP contribution is -2.30. The first kappa shape index (κ1) is 28.2. The van der Waals surface area contributed by atoms with Crippen molar-refractivity contribution in [3.05, 3.63) is 0 Å². The molecule has 0 aromatic heterocycles. The minimum Gasteiger partial charge on any atom is -0.461 e. The van der Waals surface area contributed by atoms with Crippen LogP contribution in [0.3, 0.4) is 0 Å². The number of hydrogen-bond acceptors (Lipinski definition) is 12. The lowest BCUT2D eigenvalue weighted by molar-refractivity contribution is -0.158. The van der Waals surface area contributed by atoms with Gasteiger partial charge in [0.15, 0.2) is 0 Å². The van der Waals surface area contributed by atoms with Gasteiger partial charge in [0.1, 0.15) is 44.2 Å². The molecule has 0 aliphatic rings. The van der Waals surface area contributed by atoms with Crippen molar-refractivity contribution in [2.45, 2.75) is 45.2 Å². The second kappa shape index (κ2) is 16.9. The Labute approximate surface area is 174 Å². The number of rotatable bonds is 17. The smallest absolute Gasteiger partial charge is 0.334 e. The summed E-state index contributed by atoms with van der Waals surface area (Å²) in [5.41, 5.74) is 0. The summed E-state index contributed by atoms with van der Waals surface area (Å²) in [6, 6.07) is 0. The molecule has 0 aliphatic heterocycles. The number of aliphatic hydroxyl groups excluding tert-OH is 3. The topological polar surface area (TPSA) is 167 Å². The monoisotopic (exact) mass is 440 g/mol. The Hall–Kier alpha value is -1.83. The Kier molecular flexibility index (Phi) is 15.9. The average Bonchev–Trinajstić information content (AvgIpc) is 2.68. The molecule has 0 aromatic rings. The largest absolute Gasteiger partial charge is 0.461 e. The van der Waals surface area contributed by atoms with Crippen LogP contribution in [0, 0.1) is 0 Å². The zero-order chi connectivity index (χ0) is 22.9. The first-order chi connectivity index (χ1) is 14.1. The van der Waals surface area contributed by atoms with Crippen LogP contribution in [0.25, 0.3) is 0 Å². The predicted octanol–water partition coefficient (Wildman–Crippen LogP) is -1.82. The Balaban J connectivity index is 4.19. The molecule has 12 nitrogen and oxygen atoms in total. The molecule has 3 unspecified atom stereocenters. The van der Waals surface area contributed by atoms with Gasteiger partial charge in [0.2, 0.25) is 0 Å². The van der Waals surface area contributed by atoms with Crippen molar-refractivity contribution in [2.75, 3.05) is 52.9 Å². The van der Waals surface area contributed by atoms with Crippen LogP contribution in [0.1, 0.15) is 20.8 Å². The first-order valence-corrected chi connectivity index (χ1v) is 9.46. The molecule has 0 radical (unpaired) electrons. The summed E-state index contributed by atoms with van der Waals surface area (Å²) in [5, 5.41) is 27.1. The highest BCUT2D eigenvalue weighted by Gasteiger charge is 2.14. The summed E-state index contributed by atoms with van der Waals surface area (Å²) >= 11 is 0. The predicted molar refractivity (Wildman–Crippen MR) is 99.3 cm³/mol. The standard InChI is InChI=1S/C18H32O12/c1-12(19)16(22)28-6-4-25-10-15(27-8-9-30-18(24)14(3)21)11-26-5-7-29-17(23)13(2)20/h12-15,19-21H,4-11H2,1-3H3. The van der Waals surface area contributed by atoms with E-state index in [0.29, 0.717) is 0 Å². The van der Waals surface area contributed by atoms with E-state index in [4.69, 9.17) is 43.7 Å². The Bertz CT molecular complexity index is 462.